The van der Waals surface area contributed by atoms with Gasteiger partial charge in [-0.1, -0.05) is 17.7 Å². The molecule has 0 bridgehead atoms. The lowest BCUT2D eigenvalue weighted by Gasteiger charge is -2.07. The summed E-state index contributed by atoms with van der Waals surface area (Å²) in [6.45, 7) is 0.0454. The first-order valence-corrected chi connectivity index (χ1v) is 8.95. The molecule has 0 spiro atoms. The van der Waals surface area contributed by atoms with Crippen molar-refractivity contribution >= 4 is 27.3 Å². The second kappa shape index (κ2) is 6.81. The van der Waals surface area contributed by atoms with Gasteiger partial charge in [0.15, 0.2) is 0 Å². The largest absolute Gasteiger partial charge is 0.276 e. The summed E-state index contributed by atoms with van der Waals surface area (Å²) >= 11 is 5.96. The molecule has 0 radical (unpaired) electrons. The molecule has 25 heavy (non-hydrogen) atoms. The Morgan fingerprint density at radius 2 is 1.84 bits per heavy atom. The van der Waals surface area contributed by atoms with E-state index in [4.69, 9.17) is 11.6 Å². The smallest absolute Gasteiger partial charge is 0.261 e. The van der Waals surface area contributed by atoms with E-state index in [9.17, 15) is 17.2 Å². The minimum Gasteiger partial charge on any atom is -0.276 e. The monoisotopic (exact) mass is 383 g/mol. The summed E-state index contributed by atoms with van der Waals surface area (Å²) < 4.78 is 54.9. The Morgan fingerprint density at radius 3 is 2.52 bits per heavy atom. The second-order valence-electron chi connectivity index (χ2n) is 5.19. The third kappa shape index (κ3) is 3.97. The zero-order chi connectivity index (χ0) is 18.0. The van der Waals surface area contributed by atoms with Crippen molar-refractivity contribution in [2.24, 2.45) is 0 Å². The normalized spacial score (nSPS) is 11.5. The SMILES string of the molecule is O=S(=O)(Nc1cnn(Cc2c(F)cccc2Cl)c1)c1ccc(F)cc1. The average molecular weight is 384 g/mol. The van der Waals surface area contributed by atoms with Gasteiger partial charge in [0.1, 0.15) is 11.6 Å². The van der Waals surface area contributed by atoms with E-state index in [1.165, 1.54) is 29.2 Å². The summed E-state index contributed by atoms with van der Waals surface area (Å²) in [5.41, 5.74) is 0.442. The molecule has 2 aromatic carbocycles. The van der Waals surface area contributed by atoms with Gasteiger partial charge in [0.2, 0.25) is 0 Å². The number of hydrogen-bond acceptors (Lipinski definition) is 3. The minimum atomic E-state index is -3.88. The van der Waals surface area contributed by atoms with E-state index in [1.807, 2.05) is 0 Å². The molecular weight excluding hydrogens is 372 g/mol. The van der Waals surface area contributed by atoms with Crippen LogP contribution in [0.25, 0.3) is 0 Å². The van der Waals surface area contributed by atoms with Crippen LogP contribution in [0.15, 0.2) is 59.8 Å². The Hall–Kier alpha value is -2.45. The molecule has 3 rings (SSSR count). The maximum atomic E-state index is 13.8. The highest BCUT2D eigenvalue weighted by atomic mass is 35.5. The Kier molecular flexibility index (Phi) is 4.73. The third-order valence-corrected chi connectivity index (χ3v) is 5.14. The average Bonchev–Trinajstić information content (AvgIpc) is 2.98. The van der Waals surface area contributed by atoms with E-state index in [0.29, 0.717) is 0 Å². The second-order valence-corrected chi connectivity index (χ2v) is 7.28. The van der Waals surface area contributed by atoms with E-state index >= 15 is 0 Å². The van der Waals surface area contributed by atoms with Gasteiger partial charge in [-0.05, 0) is 36.4 Å². The van der Waals surface area contributed by atoms with Gasteiger partial charge in [-0.25, -0.2) is 17.2 Å². The van der Waals surface area contributed by atoms with Crippen molar-refractivity contribution in [1.29, 1.82) is 0 Å². The first-order valence-electron chi connectivity index (χ1n) is 7.09. The standard InChI is InChI=1S/C16H12ClF2N3O2S/c17-15-2-1-3-16(19)14(15)10-22-9-12(8-20-22)21-25(23,24)13-6-4-11(18)5-7-13/h1-9,21H,10H2. The first-order chi connectivity index (χ1) is 11.8. The highest BCUT2D eigenvalue weighted by Gasteiger charge is 2.16. The molecule has 1 heterocycles. The van der Waals surface area contributed by atoms with Crippen molar-refractivity contribution in [3.05, 3.63) is 77.1 Å². The Bertz CT molecular complexity index is 984. The van der Waals surface area contributed by atoms with Crippen molar-refractivity contribution < 1.29 is 17.2 Å². The number of aromatic nitrogens is 2. The Balaban J connectivity index is 1.79. The topological polar surface area (TPSA) is 64.0 Å². The molecule has 5 nitrogen and oxygen atoms in total. The van der Waals surface area contributed by atoms with E-state index in [-0.39, 0.29) is 27.7 Å². The van der Waals surface area contributed by atoms with Gasteiger partial charge in [-0.15, -0.1) is 0 Å². The van der Waals surface area contributed by atoms with Gasteiger partial charge < -0.3 is 0 Å². The van der Waals surface area contributed by atoms with Crippen LogP contribution in [-0.4, -0.2) is 18.2 Å². The van der Waals surface area contributed by atoms with Crippen LogP contribution in [0.2, 0.25) is 5.02 Å². The van der Waals surface area contributed by atoms with E-state index < -0.39 is 21.7 Å². The summed E-state index contributed by atoms with van der Waals surface area (Å²) in [4.78, 5) is -0.0844. The van der Waals surface area contributed by atoms with Crippen LogP contribution in [0.5, 0.6) is 0 Å². The van der Waals surface area contributed by atoms with Gasteiger partial charge in [-0.2, -0.15) is 5.10 Å². The molecular formula is C16H12ClF2N3O2S. The number of halogens is 3. The molecule has 0 aliphatic carbocycles. The summed E-state index contributed by atoms with van der Waals surface area (Å²) in [5.74, 6) is -1.01. The van der Waals surface area contributed by atoms with Gasteiger partial charge in [-0.3, -0.25) is 9.40 Å². The summed E-state index contributed by atoms with van der Waals surface area (Å²) in [6.07, 6.45) is 2.69. The van der Waals surface area contributed by atoms with Crippen molar-refractivity contribution in [3.63, 3.8) is 0 Å². The number of anilines is 1. The van der Waals surface area contributed by atoms with Crippen LogP contribution in [0.1, 0.15) is 5.56 Å². The lowest BCUT2D eigenvalue weighted by molar-refractivity contribution is 0.585. The van der Waals surface area contributed by atoms with Crippen molar-refractivity contribution in [2.75, 3.05) is 4.72 Å². The first kappa shape index (κ1) is 17.4. The Labute approximate surface area is 147 Å². The van der Waals surface area contributed by atoms with Crippen LogP contribution in [0.3, 0.4) is 0 Å². The maximum absolute atomic E-state index is 13.8. The van der Waals surface area contributed by atoms with Gasteiger partial charge >= 0.3 is 0 Å². The summed E-state index contributed by atoms with van der Waals surface area (Å²) in [5, 5.41) is 4.24. The molecule has 0 unspecified atom stereocenters. The summed E-state index contributed by atoms with van der Waals surface area (Å²) in [6, 6.07) is 8.75. The molecule has 130 valence electrons. The number of hydrogen-bond donors (Lipinski definition) is 1. The van der Waals surface area contributed by atoms with Crippen molar-refractivity contribution in [2.45, 2.75) is 11.4 Å². The van der Waals surface area contributed by atoms with Crippen LogP contribution in [-0.2, 0) is 16.6 Å². The van der Waals surface area contributed by atoms with Gasteiger partial charge in [0.25, 0.3) is 10.0 Å². The molecule has 3 aromatic rings. The Morgan fingerprint density at radius 1 is 1.12 bits per heavy atom. The molecule has 0 aliphatic rings. The lowest BCUT2D eigenvalue weighted by atomic mass is 10.2. The van der Waals surface area contributed by atoms with E-state index in [1.54, 1.807) is 6.07 Å². The molecule has 0 atom stereocenters. The fourth-order valence-corrected chi connectivity index (χ4v) is 3.43. The number of sulfonamides is 1. The van der Waals surface area contributed by atoms with E-state index in [2.05, 4.69) is 9.82 Å². The molecule has 0 fully saturated rings. The fourth-order valence-electron chi connectivity index (χ4n) is 2.18. The molecule has 0 amide bonds. The van der Waals surface area contributed by atoms with Gasteiger partial charge in [0.05, 0.1) is 23.3 Å². The predicted octanol–water partition coefficient (Wildman–Crippen LogP) is 3.66. The number of rotatable bonds is 5. The minimum absolute atomic E-state index is 0.0454. The lowest BCUT2D eigenvalue weighted by Crippen LogP contribution is -2.12. The van der Waals surface area contributed by atoms with Crippen molar-refractivity contribution in [3.8, 4) is 0 Å². The highest BCUT2D eigenvalue weighted by molar-refractivity contribution is 7.92. The van der Waals surface area contributed by atoms with Crippen molar-refractivity contribution in [1.82, 2.24) is 9.78 Å². The number of nitrogens with zero attached hydrogens (tertiary/aromatic N) is 2. The maximum Gasteiger partial charge on any atom is 0.261 e. The molecule has 1 N–H and O–H groups in total. The highest BCUT2D eigenvalue weighted by Crippen LogP contribution is 2.21. The molecule has 9 heteroatoms. The predicted molar refractivity (Wildman–Crippen MR) is 89.9 cm³/mol. The third-order valence-electron chi connectivity index (χ3n) is 3.39. The van der Waals surface area contributed by atoms with Crippen LogP contribution in [0.4, 0.5) is 14.5 Å². The quantitative estimate of drug-likeness (QED) is 0.731. The zero-order valence-corrected chi connectivity index (χ0v) is 14.2. The number of nitrogens with one attached hydrogen (secondary N) is 1. The fraction of sp³-hybridized carbons (Fsp3) is 0.0625. The van der Waals surface area contributed by atoms with E-state index in [0.717, 1.165) is 24.3 Å². The van der Waals surface area contributed by atoms with Gasteiger partial charge in [0, 0.05) is 16.8 Å². The molecule has 1 aromatic heterocycles. The molecule has 0 aliphatic heterocycles. The zero-order valence-electron chi connectivity index (χ0n) is 12.7. The van der Waals surface area contributed by atoms with Crippen LogP contribution in [0, 0.1) is 11.6 Å². The number of benzene rings is 2. The van der Waals surface area contributed by atoms with Crippen LogP contribution >= 0.6 is 11.6 Å². The van der Waals surface area contributed by atoms with Crippen LogP contribution < -0.4 is 4.72 Å². The summed E-state index contributed by atoms with van der Waals surface area (Å²) in [7, 11) is -3.88. The molecule has 0 saturated carbocycles. The molecule has 0 saturated heterocycles.